The van der Waals surface area contributed by atoms with Gasteiger partial charge < -0.3 is 19.9 Å². The molecular weight excluding hydrogens is 314 g/mol. The standard InChI is InChI=1S/C17H15NO6/c1-23-17(22)11-5-7-13(8-6-11)18-15(19)10-24-14-4-2-3-12(9-14)16(20)21/h2-9H,10H2,1H3,(H,18,19)(H,20,21). The first kappa shape index (κ1) is 17.0. The molecule has 2 aromatic carbocycles. The van der Waals surface area contributed by atoms with Crippen LogP contribution in [0.15, 0.2) is 48.5 Å². The Labute approximate surface area is 137 Å². The van der Waals surface area contributed by atoms with Gasteiger partial charge in [-0.3, -0.25) is 4.79 Å². The minimum Gasteiger partial charge on any atom is -0.484 e. The lowest BCUT2D eigenvalue weighted by Gasteiger charge is -2.08. The van der Waals surface area contributed by atoms with Gasteiger partial charge in [0.2, 0.25) is 0 Å². The third kappa shape index (κ3) is 4.57. The Morgan fingerprint density at radius 2 is 1.75 bits per heavy atom. The summed E-state index contributed by atoms with van der Waals surface area (Å²) in [5, 5.41) is 11.5. The second kappa shape index (κ2) is 7.77. The molecule has 2 aromatic rings. The zero-order chi connectivity index (χ0) is 17.5. The van der Waals surface area contributed by atoms with Gasteiger partial charge >= 0.3 is 11.9 Å². The van der Waals surface area contributed by atoms with Crippen LogP contribution in [-0.2, 0) is 9.53 Å². The monoisotopic (exact) mass is 329 g/mol. The summed E-state index contributed by atoms with van der Waals surface area (Å²) in [6.45, 7) is -0.276. The number of carboxylic acid groups (broad SMARTS) is 1. The lowest BCUT2D eigenvalue weighted by molar-refractivity contribution is -0.118. The second-order valence-corrected chi connectivity index (χ2v) is 4.74. The van der Waals surface area contributed by atoms with Crippen LogP contribution in [0, 0.1) is 0 Å². The number of nitrogens with one attached hydrogen (secondary N) is 1. The van der Waals surface area contributed by atoms with Crippen LogP contribution in [0.25, 0.3) is 0 Å². The lowest BCUT2D eigenvalue weighted by atomic mass is 10.2. The third-order valence-electron chi connectivity index (χ3n) is 3.04. The van der Waals surface area contributed by atoms with E-state index in [1.165, 1.54) is 37.4 Å². The van der Waals surface area contributed by atoms with Gasteiger partial charge in [-0.05, 0) is 42.5 Å². The zero-order valence-electron chi connectivity index (χ0n) is 12.8. The highest BCUT2D eigenvalue weighted by atomic mass is 16.5. The number of aromatic carboxylic acids is 1. The molecule has 0 saturated carbocycles. The maximum absolute atomic E-state index is 11.8. The number of carbonyl (C=O) groups excluding carboxylic acids is 2. The quantitative estimate of drug-likeness (QED) is 0.788. The molecule has 0 bridgehead atoms. The minimum absolute atomic E-state index is 0.0753. The van der Waals surface area contributed by atoms with Crippen molar-refractivity contribution in [2.24, 2.45) is 0 Å². The summed E-state index contributed by atoms with van der Waals surface area (Å²) in [7, 11) is 1.29. The van der Waals surface area contributed by atoms with E-state index in [4.69, 9.17) is 9.84 Å². The Morgan fingerprint density at radius 1 is 1.04 bits per heavy atom. The van der Waals surface area contributed by atoms with Crippen LogP contribution in [0.4, 0.5) is 5.69 Å². The Hall–Kier alpha value is -3.35. The van der Waals surface area contributed by atoms with Gasteiger partial charge in [0.05, 0.1) is 18.2 Å². The highest BCUT2D eigenvalue weighted by Gasteiger charge is 2.08. The van der Waals surface area contributed by atoms with Gasteiger partial charge in [0, 0.05) is 5.69 Å². The van der Waals surface area contributed by atoms with Crippen LogP contribution >= 0.6 is 0 Å². The van der Waals surface area contributed by atoms with E-state index in [2.05, 4.69) is 10.1 Å². The van der Waals surface area contributed by atoms with Crippen molar-refractivity contribution >= 4 is 23.5 Å². The van der Waals surface area contributed by atoms with E-state index in [0.29, 0.717) is 11.3 Å². The van der Waals surface area contributed by atoms with Gasteiger partial charge in [-0.15, -0.1) is 0 Å². The van der Waals surface area contributed by atoms with Crippen LogP contribution in [0.1, 0.15) is 20.7 Å². The molecule has 0 heterocycles. The molecule has 0 aromatic heterocycles. The third-order valence-corrected chi connectivity index (χ3v) is 3.04. The molecule has 0 spiro atoms. The van der Waals surface area contributed by atoms with Gasteiger partial charge in [0.25, 0.3) is 5.91 Å². The SMILES string of the molecule is COC(=O)c1ccc(NC(=O)COc2cccc(C(=O)O)c2)cc1. The average molecular weight is 329 g/mol. The largest absolute Gasteiger partial charge is 0.484 e. The molecule has 24 heavy (non-hydrogen) atoms. The molecule has 0 radical (unpaired) electrons. The van der Waals surface area contributed by atoms with Crippen molar-refractivity contribution in [3.8, 4) is 5.75 Å². The molecule has 1 amide bonds. The summed E-state index contributed by atoms with van der Waals surface area (Å²) < 4.78 is 9.84. The molecule has 2 rings (SSSR count). The van der Waals surface area contributed by atoms with Crippen molar-refractivity contribution in [3.63, 3.8) is 0 Å². The molecule has 0 atom stereocenters. The van der Waals surface area contributed by atoms with Crippen LogP contribution in [0.5, 0.6) is 5.75 Å². The molecule has 7 nitrogen and oxygen atoms in total. The number of anilines is 1. The highest BCUT2D eigenvalue weighted by molar-refractivity contribution is 5.93. The lowest BCUT2D eigenvalue weighted by Crippen LogP contribution is -2.20. The molecular formula is C17H15NO6. The maximum atomic E-state index is 11.8. The van der Waals surface area contributed by atoms with E-state index in [1.807, 2.05) is 0 Å². The fraction of sp³-hybridized carbons (Fsp3) is 0.118. The smallest absolute Gasteiger partial charge is 0.337 e. The van der Waals surface area contributed by atoms with Crippen molar-refractivity contribution in [1.82, 2.24) is 0 Å². The van der Waals surface area contributed by atoms with Gasteiger partial charge in [-0.2, -0.15) is 0 Å². The number of amides is 1. The van der Waals surface area contributed by atoms with E-state index in [-0.39, 0.29) is 17.9 Å². The number of hydrogen-bond donors (Lipinski definition) is 2. The number of benzene rings is 2. The number of esters is 1. The predicted molar refractivity (Wildman–Crippen MR) is 85.3 cm³/mol. The molecule has 0 unspecified atom stereocenters. The average Bonchev–Trinajstić information content (AvgIpc) is 2.60. The Bertz CT molecular complexity index is 754. The summed E-state index contributed by atoms with van der Waals surface area (Å²) in [6, 6.07) is 12.0. The van der Waals surface area contributed by atoms with Crippen molar-refractivity contribution in [1.29, 1.82) is 0 Å². The first-order valence-electron chi connectivity index (χ1n) is 6.94. The van der Waals surface area contributed by atoms with Crippen LogP contribution in [-0.4, -0.2) is 36.7 Å². The van der Waals surface area contributed by atoms with E-state index < -0.39 is 17.8 Å². The van der Waals surface area contributed by atoms with Crippen molar-refractivity contribution in [2.75, 3.05) is 19.0 Å². The summed E-state index contributed by atoms with van der Waals surface area (Å²) in [5.41, 5.74) is 0.944. The number of carbonyl (C=O) groups is 3. The first-order chi connectivity index (χ1) is 11.5. The second-order valence-electron chi connectivity index (χ2n) is 4.74. The van der Waals surface area contributed by atoms with Gasteiger partial charge in [-0.1, -0.05) is 6.07 Å². The number of hydrogen-bond acceptors (Lipinski definition) is 5. The van der Waals surface area contributed by atoms with Crippen LogP contribution < -0.4 is 10.1 Å². The topological polar surface area (TPSA) is 102 Å². The zero-order valence-corrected chi connectivity index (χ0v) is 12.8. The van der Waals surface area contributed by atoms with E-state index in [1.54, 1.807) is 18.2 Å². The molecule has 0 saturated heterocycles. The van der Waals surface area contributed by atoms with Crippen LogP contribution in [0.3, 0.4) is 0 Å². The fourth-order valence-corrected chi connectivity index (χ4v) is 1.87. The Morgan fingerprint density at radius 3 is 2.38 bits per heavy atom. The fourth-order valence-electron chi connectivity index (χ4n) is 1.87. The van der Waals surface area contributed by atoms with Gasteiger partial charge in [0.1, 0.15) is 5.75 Å². The summed E-state index contributed by atoms with van der Waals surface area (Å²) >= 11 is 0. The summed E-state index contributed by atoms with van der Waals surface area (Å²) in [4.78, 5) is 34.0. The highest BCUT2D eigenvalue weighted by Crippen LogP contribution is 2.14. The minimum atomic E-state index is -1.07. The molecule has 2 N–H and O–H groups in total. The number of rotatable bonds is 6. The van der Waals surface area contributed by atoms with Crippen molar-refractivity contribution in [2.45, 2.75) is 0 Å². The normalized spacial score (nSPS) is 9.88. The predicted octanol–water partition coefficient (Wildman–Crippen LogP) is 2.19. The van der Waals surface area contributed by atoms with E-state index in [9.17, 15) is 14.4 Å². The Balaban J connectivity index is 1.90. The van der Waals surface area contributed by atoms with Gasteiger partial charge in [-0.25, -0.2) is 9.59 Å². The molecule has 7 heteroatoms. The van der Waals surface area contributed by atoms with E-state index >= 15 is 0 Å². The van der Waals surface area contributed by atoms with Gasteiger partial charge in [0.15, 0.2) is 6.61 Å². The summed E-state index contributed by atoms with van der Waals surface area (Å²) in [6.07, 6.45) is 0. The number of methoxy groups -OCH3 is 1. The maximum Gasteiger partial charge on any atom is 0.337 e. The molecule has 0 aliphatic carbocycles. The Kier molecular flexibility index (Phi) is 5.51. The molecule has 0 aliphatic heterocycles. The van der Waals surface area contributed by atoms with Crippen molar-refractivity contribution in [3.05, 3.63) is 59.7 Å². The van der Waals surface area contributed by atoms with Crippen molar-refractivity contribution < 1.29 is 29.0 Å². The molecule has 0 fully saturated rings. The number of ether oxygens (including phenoxy) is 2. The summed E-state index contributed by atoms with van der Waals surface area (Å²) in [5.74, 6) is -1.67. The number of carboxylic acids is 1. The van der Waals surface area contributed by atoms with E-state index in [0.717, 1.165) is 0 Å². The van der Waals surface area contributed by atoms with Crippen LogP contribution in [0.2, 0.25) is 0 Å². The first-order valence-corrected chi connectivity index (χ1v) is 6.94. The molecule has 0 aliphatic rings. The molecule has 124 valence electrons.